The molecule has 0 saturated carbocycles. The van der Waals surface area contributed by atoms with Gasteiger partial charge in [0.2, 0.25) is 0 Å². The molecule has 0 aliphatic rings. The second-order valence-electron chi connectivity index (χ2n) is 4.87. The summed E-state index contributed by atoms with van der Waals surface area (Å²) in [5.74, 6) is 3.32. The first kappa shape index (κ1) is 15.8. The molecule has 0 aliphatic carbocycles. The third-order valence-electron chi connectivity index (χ3n) is 2.59. The first-order chi connectivity index (χ1) is 9.58. The number of nitrogens with zero attached hydrogens (tertiary/aromatic N) is 2. The van der Waals surface area contributed by atoms with E-state index in [9.17, 15) is 0 Å². The van der Waals surface area contributed by atoms with Gasteiger partial charge in [0.25, 0.3) is 0 Å². The minimum Gasteiger partial charge on any atom is -0.231 e. The highest BCUT2D eigenvalue weighted by Crippen LogP contribution is 2.31. The number of halogens is 2. The van der Waals surface area contributed by atoms with E-state index in [2.05, 4.69) is 39.7 Å². The Morgan fingerprint density at radius 3 is 2.55 bits per heavy atom. The van der Waals surface area contributed by atoms with Crippen LogP contribution in [0.2, 0.25) is 5.15 Å². The van der Waals surface area contributed by atoms with Crippen LogP contribution in [0.4, 0.5) is 0 Å². The van der Waals surface area contributed by atoms with Crippen LogP contribution in [0.1, 0.15) is 19.7 Å². The lowest BCUT2D eigenvalue weighted by Crippen LogP contribution is -1.99. The smallest absolute Gasteiger partial charge is 0.147 e. The summed E-state index contributed by atoms with van der Waals surface area (Å²) in [5, 5.41) is 0.471. The van der Waals surface area contributed by atoms with E-state index in [0.29, 0.717) is 11.1 Å². The molecule has 106 valence electrons. The normalized spacial score (nSPS) is 11.1. The Morgan fingerprint density at radius 1 is 1.20 bits per heavy atom. The molecule has 1 aromatic heterocycles. The van der Waals surface area contributed by atoms with Gasteiger partial charge in [0, 0.05) is 5.56 Å². The average Bonchev–Trinajstić information content (AvgIpc) is 2.43. The van der Waals surface area contributed by atoms with Crippen molar-refractivity contribution in [3.8, 4) is 11.3 Å². The molecule has 2 nitrogen and oxygen atoms in total. The predicted molar refractivity (Wildman–Crippen MR) is 91.2 cm³/mol. The van der Waals surface area contributed by atoms with E-state index < -0.39 is 0 Å². The summed E-state index contributed by atoms with van der Waals surface area (Å²) in [5.41, 5.74) is 1.89. The molecule has 2 rings (SSSR count). The van der Waals surface area contributed by atoms with Crippen LogP contribution >= 0.6 is 39.3 Å². The van der Waals surface area contributed by atoms with E-state index >= 15 is 0 Å². The predicted octanol–water partition coefficient (Wildman–Crippen LogP) is 5.45. The Balaban J connectivity index is 2.26. The van der Waals surface area contributed by atoms with Gasteiger partial charge in [0.1, 0.15) is 11.0 Å². The van der Waals surface area contributed by atoms with Crippen molar-refractivity contribution in [1.29, 1.82) is 0 Å². The van der Waals surface area contributed by atoms with Gasteiger partial charge >= 0.3 is 0 Å². The molecule has 0 aliphatic heterocycles. The van der Waals surface area contributed by atoms with E-state index in [1.807, 2.05) is 42.1 Å². The standard InChI is InChI=1S/C15H16BrClN2S/c1-10(2)8-20-9-12-18-14(13(16)15(17)19-12)11-6-4-3-5-7-11/h3-7,10H,8-9H2,1-2H3. The molecule has 0 fully saturated rings. The van der Waals surface area contributed by atoms with E-state index in [1.165, 1.54) is 0 Å². The molecule has 0 spiro atoms. The minimum atomic E-state index is 0.471. The van der Waals surface area contributed by atoms with Crippen LogP contribution in [0.5, 0.6) is 0 Å². The Morgan fingerprint density at radius 2 is 1.90 bits per heavy atom. The highest BCUT2D eigenvalue weighted by molar-refractivity contribution is 9.10. The van der Waals surface area contributed by atoms with Gasteiger partial charge in [-0.05, 0) is 27.6 Å². The minimum absolute atomic E-state index is 0.471. The maximum absolute atomic E-state index is 6.20. The van der Waals surface area contributed by atoms with Crippen molar-refractivity contribution >= 4 is 39.3 Å². The largest absolute Gasteiger partial charge is 0.231 e. The highest BCUT2D eigenvalue weighted by atomic mass is 79.9. The number of benzene rings is 1. The van der Waals surface area contributed by atoms with Gasteiger partial charge in [0.15, 0.2) is 0 Å². The summed E-state index contributed by atoms with van der Waals surface area (Å²) >= 11 is 11.5. The summed E-state index contributed by atoms with van der Waals surface area (Å²) in [6.07, 6.45) is 0. The summed E-state index contributed by atoms with van der Waals surface area (Å²) in [4.78, 5) is 8.98. The Labute approximate surface area is 137 Å². The zero-order chi connectivity index (χ0) is 14.5. The molecule has 0 unspecified atom stereocenters. The van der Waals surface area contributed by atoms with E-state index in [0.717, 1.165) is 33.1 Å². The fourth-order valence-corrected chi connectivity index (χ4v) is 3.20. The van der Waals surface area contributed by atoms with Gasteiger partial charge < -0.3 is 0 Å². The zero-order valence-corrected chi connectivity index (χ0v) is 14.6. The quantitative estimate of drug-likeness (QED) is 0.654. The van der Waals surface area contributed by atoms with Gasteiger partial charge in [-0.1, -0.05) is 55.8 Å². The summed E-state index contributed by atoms with van der Waals surface area (Å²) in [6, 6.07) is 10.0. The van der Waals surface area contributed by atoms with Gasteiger partial charge in [-0.15, -0.1) is 0 Å². The van der Waals surface area contributed by atoms with Crippen LogP contribution in [-0.2, 0) is 5.75 Å². The summed E-state index contributed by atoms with van der Waals surface area (Å²) in [6.45, 7) is 4.41. The SMILES string of the molecule is CC(C)CSCc1nc(Cl)c(Br)c(-c2ccccc2)n1. The van der Waals surface area contributed by atoms with Crippen molar-refractivity contribution < 1.29 is 0 Å². The number of hydrogen-bond acceptors (Lipinski definition) is 3. The zero-order valence-electron chi connectivity index (χ0n) is 11.4. The monoisotopic (exact) mass is 370 g/mol. The van der Waals surface area contributed by atoms with Gasteiger partial charge in [-0.2, -0.15) is 11.8 Å². The van der Waals surface area contributed by atoms with Crippen molar-refractivity contribution in [2.75, 3.05) is 5.75 Å². The Kier molecular flexibility index (Phi) is 5.87. The molecule has 0 radical (unpaired) electrons. The van der Waals surface area contributed by atoms with Gasteiger partial charge in [-0.25, -0.2) is 9.97 Å². The maximum Gasteiger partial charge on any atom is 0.147 e. The second-order valence-corrected chi connectivity index (χ2v) is 7.05. The third kappa shape index (κ3) is 4.21. The van der Waals surface area contributed by atoms with E-state index in [-0.39, 0.29) is 0 Å². The number of aromatic nitrogens is 2. The van der Waals surface area contributed by atoms with Crippen molar-refractivity contribution in [2.45, 2.75) is 19.6 Å². The molecule has 1 aromatic carbocycles. The average molecular weight is 372 g/mol. The fraction of sp³-hybridized carbons (Fsp3) is 0.333. The first-order valence-corrected chi connectivity index (χ1v) is 8.75. The molecular weight excluding hydrogens is 356 g/mol. The van der Waals surface area contributed by atoms with E-state index in [4.69, 9.17) is 11.6 Å². The van der Waals surface area contributed by atoms with Crippen LogP contribution in [0, 0.1) is 5.92 Å². The number of rotatable bonds is 5. The Bertz CT molecular complexity index is 576. The molecule has 0 N–H and O–H groups in total. The second kappa shape index (κ2) is 7.43. The van der Waals surface area contributed by atoms with Crippen LogP contribution in [-0.4, -0.2) is 15.7 Å². The molecule has 0 bridgehead atoms. The molecular formula is C15H16BrClN2S. The van der Waals surface area contributed by atoms with Crippen LogP contribution in [0.15, 0.2) is 34.8 Å². The third-order valence-corrected chi connectivity index (χ3v) is 5.20. The van der Waals surface area contributed by atoms with Crippen molar-refractivity contribution in [1.82, 2.24) is 9.97 Å². The number of thioether (sulfide) groups is 1. The van der Waals surface area contributed by atoms with E-state index in [1.54, 1.807) is 0 Å². The van der Waals surface area contributed by atoms with Crippen LogP contribution in [0.25, 0.3) is 11.3 Å². The topological polar surface area (TPSA) is 25.8 Å². The summed E-state index contributed by atoms with van der Waals surface area (Å²) < 4.78 is 0.753. The highest BCUT2D eigenvalue weighted by Gasteiger charge is 2.12. The molecule has 0 saturated heterocycles. The molecule has 1 heterocycles. The van der Waals surface area contributed by atoms with Crippen molar-refractivity contribution in [3.63, 3.8) is 0 Å². The lowest BCUT2D eigenvalue weighted by Gasteiger charge is -2.09. The van der Waals surface area contributed by atoms with Crippen LogP contribution in [0.3, 0.4) is 0 Å². The maximum atomic E-state index is 6.20. The lowest BCUT2D eigenvalue weighted by atomic mass is 10.1. The summed E-state index contributed by atoms with van der Waals surface area (Å²) in [7, 11) is 0. The first-order valence-electron chi connectivity index (χ1n) is 6.43. The van der Waals surface area contributed by atoms with Crippen molar-refractivity contribution in [2.24, 2.45) is 5.92 Å². The Hall–Kier alpha value is -0.580. The molecule has 0 atom stereocenters. The molecule has 0 amide bonds. The van der Waals surface area contributed by atoms with Crippen LogP contribution < -0.4 is 0 Å². The van der Waals surface area contributed by atoms with Gasteiger partial charge in [0.05, 0.1) is 15.9 Å². The fourth-order valence-electron chi connectivity index (χ4n) is 1.70. The lowest BCUT2D eigenvalue weighted by molar-refractivity contribution is 0.750. The molecule has 5 heteroatoms. The van der Waals surface area contributed by atoms with Crippen molar-refractivity contribution in [3.05, 3.63) is 45.8 Å². The molecule has 20 heavy (non-hydrogen) atoms. The van der Waals surface area contributed by atoms with Gasteiger partial charge in [-0.3, -0.25) is 0 Å². The molecule has 2 aromatic rings. The number of hydrogen-bond donors (Lipinski definition) is 0.